The van der Waals surface area contributed by atoms with Crippen LogP contribution in [0.3, 0.4) is 0 Å². The van der Waals surface area contributed by atoms with Crippen molar-refractivity contribution in [1.29, 1.82) is 0 Å². The topological polar surface area (TPSA) is 49.4 Å². The van der Waals surface area contributed by atoms with Crippen molar-refractivity contribution in [3.63, 3.8) is 0 Å². The molecular formula is C21H22N2O2S. The third-order valence-corrected chi connectivity index (χ3v) is 6.16. The van der Waals surface area contributed by atoms with E-state index < -0.39 is 0 Å². The second kappa shape index (κ2) is 6.80. The summed E-state index contributed by atoms with van der Waals surface area (Å²) >= 11 is 1.58. The molecule has 1 fully saturated rings. The van der Waals surface area contributed by atoms with E-state index in [0.29, 0.717) is 0 Å². The number of carbonyl (C=O) groups is 2. The molecule has 0 radical (unpaired) electrons. The highest BCUT2D eigenvalue weighted by Crippen LogP contribution is 2.43. The van der Waals surface area contributed by atoms with E-state index in [1.54, 1.807) is 11.8 Å². The first kappa shape index (κ1) is 17.2. The largest absolute Gasteiger partial charge is 0.326 e. The van der Waals surface area contributed by atoms with Gasteiger partial charge in [0, 0.05) is 27.4 Å². The van der Waals surface area contributed by atoms with Crippen molar-refractivity contribution in [2.75, 3.05) is 10.2 Å². The molecule has 26 heavy (non-hydrogen) atoms. The van der Waals surface area contributed by atoms with Gasteiger partial charge in [-0.15, -0.1) is 0 Å². The van der Waals surface area contributed by atoms with Crippen molar-refractivity contribution < 1.29 is 9.59 Å². The molecule has 2 aliphatic rings. The number of carbonyl (C=O) groups excluding carboxylic acids is 2. The molecule has 0 saturated heterocycles. The van der Waals surface area contributed by atoms with Gasteiger partial charge in [0.1, 0.15) is 0 Å². The Hall–Kier alpha value is -2.27. The summed E-state index contributed by atoms with van der Waals surface area (Å²) in [5.74, 6) is 0.274. The Balaban J connectivity index is 1.73. The van der Waals surface area contributed by atoms with Crippen LogP contribution in [0.1, 0.15) is 43.5 Å². The summed E-state index contributed by atoms with van der Waals surface area (Å²) in [6, 6.07) is 13.6. The van der Waals surface area contributed by atoms with E-state index in [1.807, 2.05) is 61.2 Å². The van der Waals surface area contributed by atoms with Gasteiger partial charge in [0.25, 0.3) is 5.91 Å². The molecule has 1 saturated carbocycles. The molecule has 1 aliphatic heterocycles. The third-order valence-electron chi connectivity index (χ3n) is 5.04. The van der Waals surface area contributed by atoms with Crippen LogP contribution in [0.25, 0.3) is 0 Å². The second-order valence-corrected chi connectivity index (χ2v) is 8.25. The van der Waals surface area contributed by atoms with Crippen molar-refractivity contribution in [2.45, 2.75) is 48.9 Å². The number of anilines is 2. The number of benzene rings is 2. The summed E-state index contributed by atoms with van der Waals surface area (Å²) in [5, 5.41) is 3.04. The second-order valence-electron chi connectivity index (χ2n) is 7.17. The first-order chi connectivity index (χ1) is 12.5. The normalized spacial score (nSPS) is 16.6. The summed E-state index contributed by atoms with van der Waals surface area (Å²) in [5.41, 5.74) is 2.42. The van der Waals surface area contributed by atoms with Crippen molar-refractivity contribution in [3.05, 3.63) is 48.0 Å². The molecule has 0 unspecified atom stereocenters. The highest BCUT2D eigenvalue weighted by Gasteiger charge is 2.30. The highest BCUT2D eigenvalue weighted by atomic mass is 32.2. The molecule has 134 valence electrons. The fourth-order valence-electron chi connectivity index (χ4n) is 3.39. The fourth-order valence-corrected chi connectivity index (χ4v) is 4.50. The third kappa shape index (κ3) is 3.01. The Bertz CT molecular complexity index is 874. The van der Waals surface area contributed by atoms with Gasteiger partial charge >= 0.3 is 0 Å². The smallest absolute Gasteiger partial charge is 0.259 e. The van der Waals surface area contributed by atoms with Gasteiger partial charge in [-0.1, -0.05) is 30.3 Å². The zero-order chi connectivity index (χ0) is 18.3. The molecule has 4 rings (SSSR count). The standard InChI is InChI=1S/C21H22N2O2S/c1-13(2)23-17-11-10-15(22-20(24)14-6-5-7-14)12-19(17)26-18-9-4-3-8-16(18)21(23)25/h3-4,8-14H,5-7H2,1-2H3,(H,22,24). The summed E-state index contributed by atoms with van der Waals surface area (Å²) in [6.45, 7) is 4.04. The lowest BCUT2D eigenvalue weighted by atomic mass is 9.85. The van der Waals surface area contributed by atoms with Gasteiger partial charge in [0.15, 0.2) is 0 Å². The van der Waals surface area contributed by atoms with Crippen LogP contribution in [0.2, 0.25) is 0 Å². The van der Waals surface area contributed by atoms with E-state index in [0.717, 1.165) is 46.0 Å². The summed E-state index contributed by atoms with van der Waals surface area (Å²) in [6.07, 6.45) is 3.10. The SMILES string of the molecule is CC(C)N1C(=O)c2ccccc2Sc2cc(NC(=O)C3CCC3)ccc21. The van der Waals surface area contributed by atoms with Gasteiger partial charge in [-0.3, -0.25) is 9.59 Å². The fraction of sp³-hybridized carbons (Fsp3) is 0.333. The van der Waals surface area contributed by atoms with Crippen LogP contribution in [-0.4, -0.2) is 17.9 Å². The van der Waals surface area contributed by atoms with Gasteiger partial charge in [-0.2, -0.15) is 0 Å². The van der Waals surface area contributed by atoms with Gasteiger partial charge < -0.3 is 10.2 Å². The summed E-state index contributed by atoms with van der Waals surface area (Å²) < 4.78 is 0. The van der Waals surface area contributed by atoms with Crippen LogP contribution >= 0.6 is 11.8 Å². The zero-order valence-electron chi connectivity index (χ0n) is 15.0. The molecule has 0 spiro atoms. The average Bonchev–Trinajstić information content (AvgIpc) is 2.67. The molecule has 0 atom stereocenters. The molecule has 2 aromatic carbocycles. The van der Waals surface area contributed by atoms with E-state index in [9.17, 15) is 9.59 Å². The Labute approximate surface area is 158 Å². The van der Waals surface area contributed by atoms with E-state index >= 15 is 0 Å². The maximum absolute atomic E-state index is 13.1. The van der Waals surface area contributed by atoms with Crippen LogP contribution in [0.4, 0.5) is 11.4 Å². The number of hydrogen-bond donors (Lipinski definition) is 1. The lowest BCUT2D eigenvalue weighted by molar-refractivity contribution is -0.122. The van der Waals surface area contributed by atoms with E-state index in [-0.39, 0.29) is 23.8 Å². The van der Waals surface area contributed by atoms with Crippen LogP contribution in [0.5, 0.6) is 0 Å². The summed E-state index contributed by atoms with van der Waals surface area (Å²) in [4.78, 5) is 29.1. The van der Waals surface area contributed by atoms with Crippen molar-refractivity contribution in [1.82, 2.24) is 0 Å². The highest BCUT2D eigenvalue weighted by molar-refractivity contribution is 7.99. The lowest BCUT2D eigenvalue weighted by Gasteiger charge is -2.27. The monoisotopic (exact) mass is 366 g/mol. The van der Waals surface area contributed by atoms with Gasteiger partial charge in [-0.05, 0) is 57.0 Å². The quantitative estimate of drug-likeness (QED) is 0.836. The van der Waals surface area contributed by atoms with E-state index in [1.165, 1.54) is 0 Å². The minimum absolute atomic E-state index is 0.0214. The first-order valence-corrected chi connectivity index (χ1v) is 9.91. The predicted molar refractivity (Wildman–Crippen MR) is 105 cm³/mol. The van der Waals surface area contributed by atoms with E-state index in [2.05, 4.69) is 5.32 Å². The van der Waals surface area contributed by atoms with Crippen molar-refractivity contribution >= 4 is 35.0 Å². The molecule has 4 nitrogen and oxygen atoms in total. The Kier molecular flexibility index (Phi) is 4.49. The van der Waals surface area contributed by atoms with Crippen LogP contribution < -0.4 is 10.2 Å². The number of amides is 2. The summed E-state index contributed by atoms with van der Waals surface area (Å²) in [7, 11) is 0. The average molecular weight is 366 g/mol. The first-order valence-electron chi connectivity index (χ1n) is 9.10. The van der Waals surface area contributed by atoms with Crippen LogP contribution in [0.15, 0.2) is 52.3 Å². The minimum atomic E-state index is 0.0214. The van der Waals surface area contributed by atoms with E-state index in [4.69, 9.17) is 0 Å². The number of rotatable bonds is 3. The maximum atomic E-state index is 13.1. The molecule has 0 bridgehead atoms. The van der Waals surface area contributed by atoms with Gasteiger partial charge in [0.2, 0.25) is 5.91 Å². The minimum Gasteiger partial charge on any atom is -0.326 e. The molecule has 1 heterocycles. The van der Waals surface area contributed by atoms with Crippen LogP contribution in [-0.2, 0) is 4.79 Å². The molecule has 0 aromatic heterocycles. The molecular weight excluding hydrogens is 344 g/mol. The lowest BCUT2D eigenvalue weighted by Crippen LogP contribution is -2.37. The number of hydrogen-bond acceptors (Lipinski definition) is 3. The molecule has 2 aromatic rings. The van der Waals surface area contributed by atoms with Gasteiger partial charge in [-0.25, -0.2) is 0 Å². The molecule has 2 amide bonds. The number of nitrogens with one attached hydrogen (secondary N) is 1. The number of fused-ring (bicyclic) bond motifs is 2. The molecule has 1 N–H and O–H groups in total. The van der Waals surface area contributed by atoms with Crippen LogP contribution in [0, 0.1) is 5.92 Å². The maximum Gasteiger partial charge on any atom is 0.259 e. The zero-order valence-corrected chi connectivity index (χ0v) is 15.8. The molecule has 5 heteroatoms. The van der Waals surface area contributed by atoms with Crippen molar-refractivity contribution in [2.24, 2.45) is 5.92 Å². The predicted octanol–water partition coefficient (Wildman–Crippen LogP) is 4.95. The van der Waals surface area contributed by atoms with Crippen molar-refractivity contribution in [3.8, 4) is 0 Å². The Morgan fingerprint density at radius 3 is 2.62 bits per heavy atom. The Morgan fingerprint density at radius 2 is 1.92 bits per heavy atom. The Morgan fingerprint density at radius 1 is 1.15 bits per heavy atom. The van der Waals surface area contributed by atoms with Gasteiger partial charge in [0.05, 0.1) is 11.3 Å². The molecule has 1 aliphatic carbocycles. The number of nitrogens with zero attached hydrogens (tertiary/aromatic N) is 1.